The van der Waals surface area contributed by atoms with Gasteiger partial charge in [0, 0.05) is 17.3 Å². The van der Waals surface area contributed by atoms with E-state index in [0.29, 0.717) is 18.6 Å². The maximum Gasteiger partial charge on any atom is 0.338 e. The van der Waals surface area contributed by atoms with Crippen LogP contribution in [0.4, 0.5) is 0 Å². The molecule has 0 N–H and O–H groups in total. The first-order chi connectivity index (χ1) is 14.4. The fourth-order valence-corrected chi connectivity index (χ4v) is 6.53. The number of epoxide rings is 1. The van der Waals surface area contributed by atoms with E-state index in [9.17, 15) is 4.79 Å². The Kier molecular flexibility index (Phi) is 3.69. The highest BCUT2D eigenvalue weighted by atomic mass is 16.6. The molecule has 0 radical (unpaired) electrons. The lowest BCUT2D eigenvalue weighted by molar-refractivity contribution is -0.204. The van der Waals surface area contributed by atoms with Crippen LogP contribution in [-0.4, -0.2) is 36.5 Å². The first-order valence-electron chi connectivity index (χ1n) is 11.0. The van der Waals surface area contributed by atoms with Crippen LogP contribution < -0.4 is 0 Å². The Hall–Kier alpha value is -2.17. The second kappa shape index (κ2) is 5.95. The van der Waals surface area contributed by atoms with E-state index in [1.165, 1.54) is 5.57 Å². The van der Waals surface area contributed by atoms with Gasteiger partial charge >= 0.3 is 5.97 Å². The third kappa shape index (κ3) is 2.21. The van der Waals surface area contributed by atoms with Gasteiger partial charge in [0.25, 0.3) is 0 Å². The number of allylic oxidation sites excluding steroid dienone is 1. The molecule has 6 rings (SSSR count). The molecule has 3 fully saturated rings. The van der Waals surface area contributed by atoms with Gasteiger partial charge in [0.1, 0.15) is 11.7 Å². The molecule has 4 nitrogen and oxygen atoms in total. The summed E-state index contributed by atoms with van der Waals surface area (Å²) >= 11 is 0. The molecule has 6 atom stereocenters. The molecule has 1 spiro atoms. The fraction of sp³-hybridized carbons (Fsp3) is 0.500. The van der Waals surface area contributed by atoms with Crippen LogP contribution in [0.25, 0.3) is 10.8 Å². The summed E-state index contributed by atoms with van der Waals surface area (Å²) in [5.41, 5.74) is 1.29. The minimum atomic E-state index is -0.314. The predicted molar refractivity (Wildman–Crippen MR) is 114 cm³/mol. The van der Waals surface area contributed by atoms with Crippen LogP contribution in [0.3, 0.4) is 0 Å². The molecule has 2 aliphatic heterocycles. The van der Waals surface area contributed by atoms with E-state index in [-0.39, 0.29) is 40.7 Å². The maximum atomic E-state index is 13.2. The van der Waals surface area contributed by atoms with Crippen molar-refractivity contribution in [1.29, 1.82) is 0 Å². The average Bonchev–Trinajstić information content (AvgIpc) is 3.52. The van der Waals surface area contributed by atoms with Crippen molar-refractivity contribution >= 4 is 16.7 Å². The van der Waals surface area contributed by atoms with Crippen LogP contribution in [0.5, 0.6) is 0 Å². The summed E-state index contributed by atoms with van der Waals surface area (Å²) in [6.45, 7) is 7.47. The molecule has 30 heavy (non-hydrogen) atoms. The Morgan fingerprint density at radius 3 is 2.67 bits per heavy atom. The number of carbonyl (C=O) groups is 1. The molecule has 4 aliphatic rings. The van der Waals surface area contributed by atoms with Gasteiger partial charge in [-0.15, -0.1) is 0 Å². The third-order valence-corrected chi connectivity index (χ3v) is 8.76. The van der Waals surface area contributed by atoms with Crippen LogP contribution in [0.1, 0.15) is 50.4 Å². The molecule has 2 aromatic carbocycles. The minimum absolute atomic E-state index is 0.0165. The van der Waals surface area contributed by atoms with Gasteiger partial charge in [-0.1, -0.05) is 55.8 Å². The second-order valence-electron chi connectivity index (χ2n) is 10.0. The summed E-state index contributed by atoms with van der Waals surface area (Å²) in [4.78, 5) is 13.2. The van der Waals surface area contributed by atoms with Crippen molar-refractivity contribution in [1.82, 2.24) is 0 Å². The van der Waals surface area contributed by atoms with Gasteiger partial charge in [-0.05, 0) is 42.7 Å². The molecular formula is C26H28O4. The van der Waals surface area contributed by atoms with E-state index < -0.39 is 0 Å². The number of fused-ring (bicyclic) bond motifs is 3. The lowest BCUT2D eigenvalue weighted by Gasteiger charge is -2.57. The van der Waals surface area contributed by atoms with Gasteiger partial charge < -0.3 is 14.2 Å². The fourth-order valence-electron chi connectivity index (χ4n) is 6.53. The van der Waals surface area contributed by atoms with Crippen molar-refractivity contribution in [2.24, 2.45) is 10.8 Å². The highest BCUT2D eigenvalue weighted by Gasteiger charge is 2.81. The molecule has 1 saturated carbocycles. The quantitative estimate of drug-likeness (QED) is 0.399. The first-order valence-corrected chi connectivity index (χ1v) is 11.0. The van der Waals surface area contributed by atoms with Crippen molar-refractivity contribution in [3.8, 4) is 0 Å². The van der Waals surface area contributed by atoms with Gasteiger partial charge in [0.2, 0.25) is 0 Å². The lowest BCUT2D eigenvalue weighted by atomic mass is 9.52. The molecule has 0 amide bonds. The predicted octanol–water partition coefficient (Wildman–Crippen LogP) is 5.06. The van der Waals surface area contributed by atoms with Crippen LogP contribution in [-0.2, 0) is 14.2 Å². The zero-order valence-electron chi connectivity index (χ0n) is 17.8. The Balaban J connectivity index is 1.35. The highest BCUT2D eigenvalue weighted by Crippen LogP contribution is 2.71. The zero-order valence-corrected chi connectivity index (χ0v) is 17.8. The summed E-state index contributed by atoms with van der Waals surface area (Å²) in [7, 11) is 0. The third-order valence-electron chi connectivity index (χ3n) is 8.76. The number of benzene rings is 2. The Morgan fingerprint density at radius 1 is 1.13 bits per heavy atom. The van der Waals surface area contributed by atoms with E-state index in [1.807, 2.05) is 36.4 Å². The number of hydrogen-bond acceptors (Lipinski definition) is 4. The van der Waals surface area contributed by atoms with Gasteiger partial charge in [0.15, 0.2) is 0 Å². The summed E-state index contributed by atoms with van der Waals surface area (Å²) < 4.78 is 18.9. The summed E-state index contributed by atoms with van der Waals surface area (Å²) in [5.74, 6) is -0.252. The Labute approximate surface area is 177 Å². The van der Waals surface area contributed by atoms with Crippen molar-refractivity contribution in [2.45, 2.75) is 63.9 Å². The van der Waals surface area contributed by atoms with E-state index in [2.05, 4.69) is 32.9 Å². The standard InChI is InChI=1S/C26H28O4/c1-16-10-11-24(2)20(12-16)29-22-14-21(25(24,3)26(22)15-28-26)30-23(27)19-9-8-17-6-4-5-7-18(17)13-19/h4-9,12-13,20-22H,10-11,14-15H2,1-3H3/t20-,21-,22-,24+,25-,26+/m1/s1. The van der Waals surface area contributed by atoms with Crippen molar-refractivity contribution in [2.75, 3.05) is 6.61 Å². The lowest BCUT2D eigenvalue weighted by Crippen LogP contribution is -2.63. The normalized spacial score (nSPS) is 41.4. The molecule has 2 heterocycles. The van der Waals surface area contributed by atoms with Crippen LogP contribution in [0.15, 0.2) is 54.1 Å². The summed E-state index contributed by atoms with van der Waals surface area (Å²) in [6, 6.07) is 13.9. The highest BCUT2D eigenvalue weighted by molar-refractivity contribution is 5.95. The zero-order chi connectivity index (χ0) is 20.7. The first kappa shape index (κ1) is 18.6. The maximum absolute atomic E-state index is 13.2. The number of rotatable bonds is 2. The van der Waals surface area contributed by atoms with Gasteiger partial charge in [-0.3, -0.25) is 0 Å². The number of ether oxygens (including phenoxy) is 3. The second-order valence-corrected chi connectivity index (χ2v) is 10.0. The summed E-state index contributed by atoms with van der Waals surface area (Å²) in [5, 5.41) is 2.17. The van der Waals surface area contributed by atoms with Gasteiger partial charge in [-0.2, -0.15) is 0 Å². The molecule has 4 heteroatoms. The number of esters is 1. The van der Waals surface area contributed by atoms with Crippen molar-refractivity contribution in [3.05, 3.63) is 59.7 Å². The molecular weight excluding hydrogens is 376 g/mol. The minimum Gasteiger partial charge on any atom is -0.458 e. The van der Waals surface area contributed by atoms with E-state index in [0.717, 1.165) is 23.6 Å². The molecule has 2 aromatic rings. The average molecular weight is 405 g/mol. The van der Waals surface area contributed by atoms with E-state index >= 15 is 0 Å². The van der Waals surface area contributed by atoms with E-state index in [1.54, 1.807) is 0 Å². The Bertz CT molecular complexity index is 1080. The molecule has 0 unspecified atom stereocenters. The molecule has 2 aliphatic carbocycles. The van der Waals surface area contributed by atoms with Crippen molar-refractivity contribution < 1.29 is 19.0 Å². The van der Waals surface area contributed by atoms with E-state index in [4.69, 9.17) is 14.2 Å². The topological polar surface area (TPSA) is 48.1 Å². The molecule has 0 aromatic heterocycles. The van der Waals surface area contributed by atoms with Crippen LogP contribution in [0.2, 0.25) is 0 Å². The monoisotopic (exact) mass is 404 g/mol. The number of hydrogen-bond donors (Lipinski definition) is 0. The number of carbonyl (C=O) groups excluding carboxylic acids is 1. The molecule has 2 bridgehead atoms. The van der Waals surface area contributed by atoms with Crippen LogP contribution >= 0.6 is 0 Å². The van der Waals surface area contributed by atoms with Crippen LogP contribution in [0, 0.1) is 10.8 Å². The van der Waals surface area contributed by atoms with Gasteiger partial charge in [-0.25, -0.2) is 4.79 Å². The smallest absolute Gasteiger partial charge is 0.338 e. The molecule has 2 saturated heterocycles. The van der Waals surface area contributed by atoms with Crippen molar-refractivity contribution in [3.63, 3.8) is 0 Å². The Morgan fingerprint density at radius 2 is 1.90 bits per heavy atom. The SMILES string of the molecule is CC1=C[C@H]2O[C@@H]3C[C@@H](OC(=O)c4ccc5ccccc5c4)[C@](C)([C@@]2(C)CC1)[C@]31CO1. The summed E-state index contributed by atoms with van der Waals surface area (Å²) in [6.07, 6.45) is 4.89. The largest absolute Gasteiger partial charge is 0.458 e. The van der Waals surface area contributed by atoms with Gasteiger partial charge in [0.05, 0.1) is 24.4 Å². The molecule has 156 valence electrons.